The molecule has 0 spiro atoms. The highest BCUT2D eigenvalue weighted by Gasteiger charge is 2.17. The van der Waals surface area contributed by atoms with Crippen LogP contribution in [-0.2, 0) is 6.54 Å². The van der Waals surface area contributed by atoms with E-state index in [0.29, 0.717) is 17.6 Å². The van der Waals surface area contributed by atoms with Gasteiger partial charge in [0, 0.05) is 30.0 Å². The van der Waals surface area contributed by atoms with Crippen molar-refractivity contribution in [3.05, 3.63) is 64.7 Å². The highest BCUT2D eigenvalue weighted by atomic mass is 16.2. The van der Waals surface area contributed by atoms with Crippen LogP contribution in [0.3, 0.4) is 0 Å². The van der Waals surface area contributed by atoms with Gasteiger partial charge in [-0.05, 0) is 31.2 Å². The van der Waals surface area contributed by atoms with Crippen LogP contribution in [0.1, 0.15) is 17.4 Å². The number of aromatic nitrogens is 3. The molecule has 0 atom stereocenters. The van der Waals surface area contributed by atoms with E-state index in [1.54, 1.807) is 41.3 Å². The Bertz CT molecular complexity index is 888. The number of nitrogens with zero attached hydrogens (tertiary/aromatic N) is 3. The molecule has 0 saturated carbocycles. The second-order valence-corrected chi connectivity index (χ2v) is 4.70. The molecular formula is C16H14N4O2. The molecule has 0 aliphatic carbocycles. The topological polar surface area (TPSA) is 76.9 Å². The van der Waals surface area contributed by atoms with Crippen molar-refractivity contribution in [2.75, 3.05) is 5.32 Å². The van der Waals surface area contributed by atoms with E-state index in [1.165, 1.54) is 0 Å². The molecule has 0 radical (unpaired) electrons. The largest absolute Gasteiger partial charge is 0.320 e. The number of carbonyl (C=O) groups is 1. The lowest BCUT2D eigenvalue weighted by Gasteiger charge is -2.10. The summed E-state index contributed by atoms with van der Waals surface area (Å²) in [6.45, 7) is 2.48. The zero-order chi connectivity index (χ0) is 15.5. The van der Waals surface area contributed by atoms with Crippen molar-refractivity contribution in [3.63, 3.8) is 0 Å². The zero-order valence-corrected chi connectivity index (χ0v) is 12.0. The highest BCUT2D eigenvalue weighted by Crippen LogP contribution is 2.11. The van der Waals surface area contributed by atoms with Gasteiger partial charge in [-0.2, -0.15) is 5.10 Å². The average Bonchev–Trinajstić information content (AvgIpc) is 2.56. The van der Waals surface area contributed by atoms with Gasteiger partial charge in [-0.1, -0.05) is 12.1 Å². The molecule has 1 aromatic carbocycles. The summed E-state index contributed by atoms with van der Waals surface area (Å²) in [7, 11) is 0. The first-order chi connectivity index (χ1) is 10.7. The van der Waals surface area contributed by atoms with Gasteiger partial charge in [0.1, 0.15) is 0 Å². The number of para-hydroxylation sites is 1. The summed E-state index contributed by atoms with van der Waals surface area (Å²) < 4.78 is 1.65. The third-order valence-electron chi connectivity index (χ3n) is 3.32. The maximum absolute atomic E-state index is 12.5. The van der Waals surface area contributed by atoms with E-state index >= 15 is 0 Å². The summed E-state index contributed by atoms with van der Waals surface area (Å²) >= 11 is 0. The molecule has 0 saturated heterocycles. The number of benzene rings is 1. The van der Waals surface area contributed by atoms with E-state index in [0.717, 1.165) is 5.52 Å². The minimum Gasteiger partial charge on any atom is -0.320 e. The number of nitrogens with one attached hydrogen (secondary N) is 1. The van der Waals surface area contributed by atoms with Crippen LogP contribution in [0.2, 0.25) is 0 Å². The normalized spacial score (nSPS) is 10.6. The van der Waals surface area contributed by atoms with Crippen LogP contribution in [0.4, 0.5) is 5.69 Å². The zero-order valence-electron chi connectivity index (χ0n) is 12.0. The summed E-state index contributed by atoms with van der Waals surface area (Å²) in [5, 5.41) is 7.34. The number of pyridine rings is 1. The third kappa shape index (κ3) is 2.46. The molecule has 6 nitrogen and oxygen atoms in total. The lowest BCUT2D eigenvalue weighted by molar-refractivity contribution is 0.101. The van der Waals surface area contributed by atoms with Gasteiger partial charge < -0.3 is 5.32 Å². The standard InChI is InChI=1S/C16H14N4O2/c1-2-20-13-6-4-3-5-12(13)15(21)14(19-20)16(22)18-11-7-9-17-10-8-11/h3-10H,2H2,1H3,(H,17,18,22). The summed E-state index contributed by atoms with van der Waals surface area (Å²) in [6.07, 6.45) is 3.13. The van der Waals surface area contributed by atoms with Gasteiger partial charge in [0.2, 0.25) is 5.43 Å². The van der Waals surface area contributed by atoms with Crippen LogP contribution >= 0.6 is 0 Å². The maximum Gasteiger partial charge on any atom is 0.280 e. The Morgan fingerprint density at radius 1 is 1.18 bits per heavy atom. The van der Waals surface area contributed by atoms with E-state index in [1.807, 2.05) is 19.1 Å². The van der Waals surface area contributed by atoms with E-state index in [9.17, 15) is 9.59 Å². The van der Waals surface area contributed by atoms with Crippen molar-refractivity contribution < 1.29 is 4.79 Å². The molecule has 22 heavy (non-hydrogen) atoms. The van der Waals surface area contributed by atoms with Crippen molar-refractivity contribution in [3.8, 4) is 0 Å². The third-order valence-corrected chi connectivity index (χ3v) is 3.32. The molecule has 2 aromatic heterocycles. The maximum atomic E-state index is 12.5. The van der Waals surface area contributed by atoms with E-state index in [2.05, 4.69) is 15.4 Å². The first-order valence-electron chi connectivity index (χ1n) is 6.92. The van der Waals surface area contributed by atoms with Crippen molar-refractivity contribution in [1.29, 1.82) is 0 Å². The van der Waals surface area contributed by atoms with E-state index in [-0.39, 0.29) is 11.1 Å². The predicted octanol–water partition coefficient (Wildman–Crippen LogP) is 2.06. The predicted molar refractivity (Wildman–Crippen MR) is 83.9 cm³/mol. The molecule has 0 aliphatic heterocycles. The minimum absolute atomic E-state index is 0.114. The SMILES string of the molecule is CCn1nc(C(=O)Nc2ccncc2)c(=O)c2ccccc21. The smallest absolute Gasteiger partial charge is 0.280 e. The van der Waals surface area contributed by atoms with Gasteiger partial charge in [0.15, 0.2) is 5.69 Å². The average molecular weight is 294 g/mol. The molecule has 2 heterocycles. The van der Waals surface area contributed by atoms with Crippen LogP contribution in [0, 0.1) is 0 Å². The van der Waals surface area contributed by atoms with Crippen LogP contribution in [0.25, 0.3) is 10.9 Å². The molecule has 3 rings (SSSR count). The first kappa shape index (κ1) is 13.9. The Hall–Kier alpha value is -3.02. The molecular weight excluding hydrogens is 280 g/mol. The van der Waals surface area contributed by atoms with Gasteiger partial charge >= 0.3 is 0 Å². The van der Waals surface area contributed by atoms with E-state index < -0.39 is 5.91 Å². The fraction of sp³-hybridized carbons (Fsp3) is 0.125. The Kier molecular flexibility index (Phi) is 3.65. The molecule has 110 valence electrons. The molecule has 1 N–H and O–H groups in total. The molecule has 0 bridgehead atoms. The lowest BCUT2D eigenvalue weighted by Crippen LogP contribution is -2.27. The summed E-state index contributed by atoms with van der Waals surface area (Å²) in [4.78, 5) is 28.7. The number of carbonyl (C=O) groups excluding carboxylic acids is 1. The van der Waals surface area contributed by atoms with Crippen LogP contribution in [0.5, 0.6) is 0 Å². The van der Waals surface area contributed by atoms with Gasteiger partial charge in [-0.25, -0.2) is 0 Å². The molecule has 1 amide bonds. The molecule has 0 unspecified atom stereocenters. The Morgan fingerprint density at radius 3 is 2.64 bits per heavy atom. The summed E-state index contributed by atoms with van der Waals surface area (Å²) in [5.74, 6) is -0.524. The van der Waals surface area contributed by atoms with Crippen molar-refractivity contribution in [2.24, 2.45) is 0 Å². The number of rotatable bonds is 3. The van der Waals surface area contributed by atoms with Crippen LogP contribution in [-0.4, -0.2) is 20.7 Å². The molecule has 0 fully saturated rings. The summed E-state index contributed by atoms with van der Waals surface area (Å²) in [5.41, 5.74) is 0.803. The molecule has 0 aliphatic rings. The monoisotopic (exact) mass is 294 g/mol. The number of amides is 1. The minimum atomic E-state index is -0.524. The molecule has 3 aromatic rings. The van der Waals surface area contributed by atoms with E-state index in [4.69, 9.17) is 0 Å². The number of hydrogen-bond acceptors (Lipinski definition) is 4. The lowest BCUT2D eigenvalue weighted by atomic mass is 10.2. The Morgan fingerprint density at radius 2 is 1.91 bits per heavy atom. The summed E-state index contributed by atoms with van der Waals surface area (Å²) in [6, 6.07) is 10.4. The number of hydrogen-bond donors (Lipinski definition) is 1. The van der Waals surface area contributed by atoms with Crippen molar-refractivity contribution in [1.82, 2.24) is 14.8 Å². The molecule has 6 heteroatoms. The van der Waals surface area contributed by atoms with Gasteiger partial charge in [0.05, 0.1) is 5.52 Å². The fourth-order valence-corrected chi connectivity index (χ4v) is 2.25. The number of anilines is 1. The Labute approximate surface area is 126 Å². The highest BCUT2D eigenvalue weighted by molar-refractivity contribution is 6.04. The van der Waals surface area contributed by atoms with Crippen molar-refractivity contribution >= 4 is 22.5 Å². The van der Waals surface area contributed by atoms with Gasteiger partial charge in [0.25, 0.3) is 5.91 Å². The second-order valence-electron chi connectivity index (χ2n) is 4.70. The fourth-order valence-electron chi connectivity index (χ4n) is 2.25. The quantitative estimate of drug-likeness (QED) is 0.802. The first-order valence-corrected chi connectivity index (χ1v) is 6.92. The second kappa shape index (κ2) is 5.77. The van der Waals surface area contributed by atoms with Gasteiger partial charge in [-0.3, -0.25) is 19.3 Å². The van der Waals surface area contributed by atoms with Crippen molar-refractivity contribution in [2.45, 2.75) is 13.5 Å². The number of aryl methyl sites for hydroxylation is 1. The number of fused-ring (bicyclic) bond motifs is 1. The Balaban J connectivity index is 2.09. The van der Waals surface area contributed by atoms with Gasteiger partial charge in [-0.15, -0.1) is 0 Å². The van der Waals surface area contributed by atoms with Crippen LogP contribution in [0.15, 0.2) is 53.6 Å². The van der Waals surface area contributed by atoms with Crippen LogP contribution < -0.4 is 10.7 Å².